The van der Waals surface area contributed by atoms with Gasteiger partial charge in [0.25, 0.3) is 5.91 Å². The van der Waals surface area contributed by atoms with E-state index in [0.29, 0.717) is 17.8 Å². The van der Waals surface area contributed by atoms with E-state index < -0.39 is 0 Å². The molecule has 3 fully saturated rings. The summed E-state index contributed by atoms with van der Waals surface area (Å²) in [6, 6.07) is 0.463. The molecule has 3 aliphatic rings. The maximum atomic E-state index is 12.4. The average Bonchev–Trinajstić information content (AvgIpc) is 3.02. The number of aromatic nitrogens is 1. The van der Waals surface area contributed by atoms with Gasteiger partial charge >= 0.3 is 0 Å². The highest BCUT2D eigenvalue weighted by Crippen LogP contribution is 2.31. The van der Waals surface area contributed by atoms with E-state index in [-0.39, 0.29) is 5.91 Å². The van der Waals surface area contributed by atoms with E-state index in [1.54, 1.807) is 5.51 Å². The van der Waals surface area contributed by atoms with Crippen molar-refractivity contribution < 1.29 is 9.53 Å². The van der Waals surface area contributed by atoms with E-state index in [0.717, 1.165) is 45.1 Å². The molecule has 21 heavy (non-hydrogen) atoms. The minimum absolute atomic E-state index is 0.0817. The van der Waals surface area contributed by atoms with Crippen molar-refractivity contribution in [3.8, 4) is 0 Å². The number of amides is 1. The molecular weight excluding hydrogens is 286 g/mol. The van der Waals surface area contributed by atoms with Crippen molar-refractivity contribution in [2.45, 2.75) is 31.4 Å². The summed E-state index contributed by atoms with van der Waals surface area (Å²) in [4.78, 5) is 21.0. The molecule has 6 heteroatoms. The zero-order valence-electron chi connectivity index (χ0n) is 12.1. The molecule has 1 aromatic heterocycles. The number of carbonyl (C=O) groups is 1. The Morgan fingerprint density at radius 2 is 2.29 bits per heavy atom. The summed E-state index contributed by atoms with van der Waals surface area (Å²) in [7, 11) is 0. The van der Waals surface area contributed by atoms with Gasteiger partial charge in [-0.25, -0.2) is 4.98 Å². The minimum Gasteiger partial charge on any atom is -0.377 e. The third-order valence-corrected chi connectivity index (χ3v) is 5.37. The van der Waals surface area contributed by atoms with Crippen LogP contribution in [0.4, 0.5) is 0 Å². The first kappa shape index (κ1) is 13.7. The van der Waals surface area contributed by atoms with E-state index in [1.165, 1.54) is 24.2 Å². The summed E-state index contributed by atoms with van der Waals surface area (Å²) >= 11 is 1.48. The molecule has 4 rings (SSSR count). The number of carbonyl (C=O) groups excluding carboxylic acids is 1. The van der Waals surface area contributed by atoms with E-state index >= 15 is 0 Å². The first-order chi connectivity index (χ1) is 10.3. The SMILES string of the molecule is O=C(c1cscn1)N1CCN2C[C@H](OCC3CC3)C[C@H]2C1. The molecule has 0 radical (unpaired) electrons. The number of piperazine rings is 1. The van der Waals surface area contributed by atoms with Gasteiger partial charge in [-0.2, -0.15) is 0 Å². The Morgan fingerprint density at radius 3 is 3.05 bits per heavy atom. The standard InChI is InChI=1S/C15H21N3O2S/c19-15(14-9-21-10-16-14)18-4-3-17-7-13(5-12(17)6-18)20-8-11-1-2-11/h9-13H,1-8H2/t12-,13+/m0/s1. The molecule has 0 bridgehead atoms. The van der Waals surface area contributed by atoms with Crippen molar-refractivity contribution in [2.24, 2.45) is 5.92 Å². The van der Waals surface area contributed by atoms with Crippen molar-refractivity contribution in [2.75, 3.05) is 32.8 Å². The molecule has 2 saturated heterocycles. The van der Waals surface area contributed by atoms with Gasteiger partial charge in [-0.15, -0.1) is 11.3 Å². The third-order valence-electron chi connectivity index (χ3n) is 4.78. The highest BCUT2D eigenvalue weighted by molar-refractivity contribution is 7.07. The normalized spacial score (nSPS) is 29.6. The van der Waals surface area contributed by atoms with Gasteiger partial charge in [0.2, 0.25) is 0 Å². The van der Waals surface area contributed by atoms with Crippen LogP contribution in [0.25, 0.3) is 0 Å². The van der Waals surface area contributed by atoms with Gasteiger partial charge in [0.05, 0.1) is 11.6 Å². The number of hydrogen-bond acceptors (Lipinski definition) is 5. The molecule has 3 heterocycles. The van der Waals surface area contributed by atoms with E-state index in [2.05, 4.69) is 9.88 Å². The molecule has 0 aromatic carbocycles. The van der Waals surface area contributed by atoms with Crippen LogP contribution in [0.2, 0.25) is 0 Å². The smallest absolute Gasteiger partial charge is 0.273 e. The summed E-state index contributed by atoms with van der Waals surface area (Å²) in [5, 5.41) is 1.84. The Kier molecular flexibility index (Phi) is 3.69. The van der Waals surface area contributed by atoms with Crippen LogP contribution in [0, 0.1) is 5.92 Å². The van der Waals surface area contributed by atoms with Crippen LogP contribution >= 0.6 is 11.3 Å². The van der Waals surface area contributed by atoms with Gasteiger partial charge < -0.3 is 9.64 Å². The van der Waals surface area contributed by atoms with Gasteiger partial charge in [-0.05, 0) is 25.2 Å². The second kappa shape index (κ2) is 5.66. The van der Waals surface area contributed by atoms with Crippen molar-refractivity contribution in [3.63, 3.8) is 0 Å². The Bertz CT molecular complexity index is 503. The molecule has 114 valence electrons. The number of rotatable bonds is 4. The number of nitrogens with zero attached hydrogens (tertiary/aromatic N) is 3. The molecule has 5 nitrogen and oxygen atoms in total. The van der Waals surface area contributed by atoms with Gasteiger partial charge in [0.1, 0.15) is 5.69 Å². The monoisotopic (exact) mass is 307 g/mol. The molecule has 1 amide bonds. The average molecular weight is 307 g/mol. The Balaban J connectivity index is 1.33. The van der Waals surface area contributed by atoms with E-state index in [1.807, 2.05) is 10.3 Å². The predicted molar refractivity (Wildman–Crippen MR) is 80.5 cm³/mol. The summed E-state index contributed by atoms with van der Waals surface area (Å²) in [6.45, 7) is 4.56. The Labute approximate surface area is 128 Å². The quantitative estimate of drug-likeness (QED) is 0.845. The Hall–Kier alpha value is -0.980. The van der Waals surface area contributed by atoms with Crippen molar-refractivity contribution in [1.29, 1.82) is 0 Å². The van der Waals surface area contributed by atoms with Crippen LogP contribution in [-0.4, -0.2) is 65.6 Å². The number of ether oxygens (including phenoxy) is 1. The van der Waals surface area contributed by atoms with Crippen LogP contribution in [0.3, 0.4) is 0 Å². The molecule has 2 atom stereocenters. The summed E-state index contributed by atoms with van der Waals surface area (Å²) < 4.78 is 6.03. The lowest BCUT2D eigenvalue weighted by molar-refractivity contribution is 0.0491. The molecule has 2 aliphatic heterocycles. The number of fused-ring (bicyclic) bond motifs is 1. The minimum atomic E-state index is 0.0817. The summed E-state index contributed by atoms with van der Waals surface area (Å²) in [6.07, 6.45) is 4.11. The van der Waals surface area contributed by atoms with Gasteiger partial charge in [-0.3, -0.25) is 9.69 Å². The van der Waals surface area contributed by atoms with Crippen LogP contribution in [0.5, 0.6) is 0 Å². The van der Waals surface area contributed by atoms with Crippen LogP contribution in [-0.2, 0) is 4.74 Å². The van der Waals surface area contributed by atoms with Gasteiger partial charge in [0, 0.05) is 44.2 Å². The van der Waals surface area contributed by atoms with Gasteiger partial charge in [-0.1, -0.05) is 0 Å². The number of thiazole rings is 1. The zero-order valence-corrected chi connectivity index (χ0v) is 12.9. The molecule has 0 N–H and O–H groups in total. The zero-order chi connectivity index (χ0) is 14.2. The summed E-state index contributed by atoms with van der Waals surface area (Å²) in [5.74, 6) is 0.906. The van der Waals surface area contributed by atoms with E-state index in [4.69, 9.17) is 4.74 Å². The van der Waals surface area contributed by atoms with Crippen LogP contribution in [0.1, 0.15) is 29.8 Å². The highest BCUT2D eigenvalue weighted by atomic mass is 32.1. The van der Waals surface area contributed by atoms with Crippen molar-refractivity contribution >= 4 is 17.2 Å². The van der Waals surface area contributed by atoms with Crippen LogP contribution in [0.15, 0.2) is 10.9 Å². The van der Waals surface area contributed by atoms with Crippen molar-refractivity contribution in [3.05, 3.63) is 16.6 Å². The van der Waals surface area contributed by atoms with Gasteiger partial charge in [0.15, 0.2) is 0 Å². The summed E-state index contributed by atoms with van der Waals surface area (Å²) in [5.41, 5.74) is 2.31. The fourth-order valence-corrected chi connectivity index (χ4v) is 3.86. The molecule has 1 aliphatic carbocycles. The maximum absolute atomic E-state index is 12.4. The highest BCUT2D eigenvalue weighted by Gasteiger charge is 2.38. The fourth-order valence-electron chi connectivity index (χ4n) is 3.34. The molecule has 1 aromatic rings. The van der Waals surface area contributed by atoms with E-state index in [9.17, 15) is 4.79 Å². The lowest BCUT2D eigenvalue weighted by Gasteiger charge is -2.36. The lowest BCUT2D eigenvalue weighted by Crippen LogP contribution is -2.52. The van der Waals surface area contributed by atoms with Crippen LogP contribution < -0.4 is 0 Å². The predicted octanol–water partition coefficient (Wildman–Crippen LogP) is 1.47. The molecule has 0 unspecified atom stereocenters. The first-order valence-electron chi connectivity index (χ1n) is 7.82. The second-order valence-electron chi connectivity index (χ2n) is 6.41. The van der Waals surface area contributed by atoms with Crippen molar-refractivity contribution in [1.82, 2.24) is 14.8 Å². The third kappa shape index (κ3) is 2.98. The first-order valence-corrected chi connectivity index (χ1v) is 8.77. The number of hydrogen-bond donors (Lipinski definition) is 0. The largest absolute Gasteiger partial charge is 0.377 e. The fraction of sp³-hybridized carbons (Fsp3) is 0.733. The molecule has 0 spiro atoms. The maximum Gasteiger partial charge on any atom is 0.273 e. The molecule has 1 saturated carbocycles. The topological polar surface area (TPSA) is 45.7 Å². The molecular formula is C15H21N3O2S. The Morgan fingerprint density at radius 1 is 1.38 bits per heavy atom. The lowest BCUT2D eigenvalue weighted by atomic mass is 10.1. The second-order valence-corrected chi connectivity index (χ2v) is 7.13.